The summed E-state index contributed by atoms with van der Waals surface area (Å²) < 4.78 is 35.8. The fourth-order valence-electron chi connectivity index (χ4n) is 2.17. The van der Waals surface area contributed by atoms with Gasteiger partial charge in [0, 0.05) is 26.6 Å². The summed E-state index contributed by atoms with van der Waals surface area (Å²) in [7, 11) is -0.0945. The zero-order valence-electron chi connectivity index (χ0n) is 14.7. The number of carbonyl (C=O) groups is 1. The molecular weight excluding hydrogens is 332 g/mol. The minimum atomic E-state index is -3.24. The number of carbonyl (C=O) groups excluding carboxylic acids is 1. The van der Waals surface area contributed by atoms with Gasteiger partial charge in [0.25, 0.3) is 0 Å². The molecule has 0 fully saturated rings. The van der Waals surface area contributed by atoms with Crippen molar-refractivity contribution in [2.45, 2.75) is 20.3 Å². The Hall–Kier alpha value is -1.80. The Kier molecular flexibility index (Phi) is 8.00. The molecule has 0 spiro atoms. The Morgan fingerprint density at radius 1 is 1.17 bits per heavy atom. The van der Waals surface area contributed by atoms with Crippen molar-refractivity contribution in [3.8, 4) is 11.5 Å². The van der Waals surface area contributed by atoms with E-state index in [1.54, 1.807) is 26.0 Å². The SMILES string of the molecule is CCS(=O)(=O)NCCN(CCc1ccc(OC)c(OC)c1)C(C)=O. The van der Waals surface area contributed by atoms with Crippen molar-refractivity contribution in [2.75, 3.05) is 39.6 Å². The third-order valence-electron chi connectivity index (χ3n) is 3.65. The maximum absolute atomic E-state index is 11.7. The number of hydrogen-bond donors (Lipinski definition) is 1. The fraction of sp³-hybridized carbons (Fsp3) is 0.562. The van der Waals surface area contributed by atoms with Gasteiger partial charge in [0.2, 0.25) is 15.9 Å². The summed E-state index contributed by atoms with van der Waals surface area (Å²) in [5, 5.41) is 0. The third kappa shape index (κ3) is 6.37. The standard InChI is InChI=1S/C16H26N2O5S/c1-5-24(20,21)17-9-11-18(13(2)19)10-8-14-6-7-15(22-3)16(12-14)23-4/h6-7,12,17H,5,8-11H2,1-4H3. The molecule has 0 bridgehead atoms. The van der Waals surface area contributed by atoms with Crippen molar-refractivity contribution >= 4 is 15.9 Å². The van der Waals surface area contributed by atoms with Gasteiger partial charge in [-0.15, -0.1) is 0 Å². The Morgan fingerprint density at radius 3 is 2.38 bits per heavy atom. The average Bonchev–Trinajstić information content (AvgIpc) is 2.57. The van der Waals surface area contributed by atoms with Crippen LogP contribution in [0, 0.1) is 0 Å². The highest BCUT2D eigenvalue weighted by Gasteiger charge is 2.12. The van der Waals surface area contributed by atoms with Gasteiger partial charge >= 0.3 is 0 Å². The van der Waals surface area contributed by atoms with Gasteiger partial charge in [-0.3, -0.25) is 4.79 Å². The number of ether oxygens (including phenoxy) is 2. The molecule has 1 aromatic carbocycles. The second kappa shape index (κ2) is 9.48. The Labute approximate surface area is 144 Å². The van der Waals surface area contributed by atoms with Crippen molar-refractivity contribution in [3.63, 3.8) is 0 Å². The summed E-state index contributed by atoms with van der Waals surface area (Å²) in [6, 6.07) is 5.61. The van der Waals surface area contributed by atoms with Crippen LogP contribution in [0.25, 0.3) is 0 Å². The first-order valence-electron chi connectivity index (χ1n) is 7.76. The van der Waals surface area contributed by atoms with E-state index in [1.165, 1.54) is 6.92 Å². The highest BCUT2D eigenvalue weighted by molar-refractivity contribution is 7.89. The molecule has 24 heavy (non-hydrogen) atoms. The summed E-state index contributed by atoms with van der Waals surface area (Å²) in [5.41, 5.74) is 1.01. The van der Waals surface area contributed by atoms with E-state index in [1.807, 2.05) is 18.2 Å². The third-order valence-corrected chi connectivity index (χ3v) is 5.05. The van der Waals surface area contributed by atoms with Crippen LogP contribution in [0.1, 0.15) is 19.4 Å². The smallest absolute Gasteiger partial charge is 0.219 e. The second-order valence-electron chi connectivity index (χ2n) is 5.24. The molecular formula is C16H26N2O5S. The van der Waals surface area contributed by atoms with E-state index in [9.17, 15) is 13.2 Å². The van der Waals surface area contributed by atoms with Gasteiger partial charge in [-0.05, 0) is 31.0 Å². The van der Waals surface area contributed by atoms with E-state index < -0.39 is 10.0 Å². The van der Waals surface area contributed by atoms with Gasteiger partial charge in [0.1, 0.15) is 0 Å². The lowest BCUT2D eigenvalue weighted by molar-refractivity contribution is -0.128. The second-order valence-corrected chi connectivity index (χ2v) is 7.34. The number of nitrogens with zero attached hydrogens (tertiary/aromatic N) is 1. The van der Waals surface area contributed by atoms with Gasteiger partial charge < -0.3 is 14.4 Å². The Bertz CT molecular complexity index is 646. The highest BCUT2D eigenvalue weighted by atomic mass is 32.2. The van der Waals surface area contributed by atoms with Crippen LogP contribution in [0.2, 0.25) is 0 Å². The summed E-state index contributed by atoms with van der Waals surface area (Å²) in [6.45, 7) is 4.09. The molecule has 0 atom stereocenters. The zero-order chi connectivity index (χ0) is 18.2. The molecule has 0 aliphatic heterocycles. The average molecular weight is 358 g/mol. The highest BCUT2D eigenvalue weighted by Crippen LogP contribution is 2.27. The number of hydrogen-bond acceptors (Lipinski definition) is 5. The van der Waals surface area contributed by atoms with Gasteiger partial charge in [0.05, 0.1) is 20.0 Å². The monoisotopic (exact) mass is 358 g/mol. The van der Waals surface area contributed by atoms with Gasteiger partial charge in [-0.1, -0.05) is 6.07 Å². The summed E-state index contributed by atoms with van der Waals surface area (Å²) in [5.74, 6) is 1.23. The molecule has 136 valence electrons. The molecule has 7 nitrogen and oxygen atoms in total. The maximum atomic E-state index is 11.7. The number of amides is 1. The minimum absolute atomic E-state index is 0.0265. The summed E-state index contributed by atoms with van der Waals surface area (Å²) >= 11 is 0. The summed E-state index contributed by atoms with van der Waals surface area (Å²) in [6.07, 6.45) is 0.639. The van der Waals surface area contributed by atoms with Crippen LogP contribution in [0.4, 0.5) is 0 Å². The number of benzene rings is 1. The number of sulfonamides is 1. The van der Waals surface area contributed by atoms with Crippen LogP contribution in [0.5, 0.6) is 11.5 Å². The van der Waals surface area contributed by atoms with Crippen LogP contribution in [0.15, 0.2) is 18.2 Å². The first-order chi connectivity index (χ1) is 11.3. The lowest BCUT2D eigenvalue weighted by Gasteiger charge is -2.21. The molecule has 0 saturated heterocycles. The van der Waals surface area contributed by atoms with Crippen LogP contribution in [-0.2, 0) is 21.2 Å². The van der Waals surface area contributed by atoms with Gasteiger partial charge in [-0.2, -0.15) is 0 Å². The largest absolute Gasteiger partial charge is 0.493 e. The quantitative estimate of drug-likeness (QED) is 0.675. The first-order valence-corrected chi connectivity index (χ1v) is 9.42. The van der Waals surface area contributed by atoms with Crippen LogP contribution in [-0.4, -0.2) is 58.8 Å². The Balaban J connectivity index is 2.62. The number of methoxy groups -OCH3 is 2. The van der Waals surface area contributed by atoms with E-state index in [0.717, 1.165) is 5.56 Å². The molecule has 0 unspecified atom stereocenters. The van der Waals surface area contributed by atoms with E-state index in [0.29, 0.717) is 31.0 Å². The first kappa shape index (κ1) is 20.2. The Morgan fingerprint density at radius 2 is 1.83 bits per heavy atom. The maximum Gasteiger partial charge on any atom is 0.219 e. The van der Waals surface area contributed by atoms with Crippen molar-refractivity contribution in [2.24, 2.45) is 0 Å². The van der Waals surface area contributed by atoms with Crippen LogP contribution >= 0.6 is 0 Å². The molecule has 1 rings (SSSR count). The molecule has 1 N–H and O–H groups in total. The van der Waals surface area contributed by atoms with Crippen LogP contribution < -0.4 is 14.2 Å². The van der Waals surface area contributed by atoms with Crippen molar-refractivity contribution < 1.29 is 22.7 Å². The zero-order valence-corrected chi connectivity index (χ0v) is 15.5. The molecule has 0 aliphatic rings. The molecule has 8 heteroatoms. The number of rotatable bonds is 10. The van der Waals surface area contributed by atoms with Crippen LogP contribution in [0.3, 0.4) is 0 Å². The molecule has 0 radical (unpaired) electrons. The van der Waals surface area contributed by atoms with E-state index in [4.69, 9.17) is 9.47 Å². The molecule has 0 saturated carbocycles. The molecule has 0 heterocycles. The predicted octanol–water partition coefficient (Wildman–Crippen LogP) is 1.03. The van der Waals surface area contributed by atoms with Crippen molar-refractivity contribution in [3.05, 3.63) is 23.8 Å². The van der Waals surface area contributed by atoms with E-state index >= 15 is 0 Å². The minimum Gasteiger partial charge on any atom is -0.493 e. The van der Waals surface area contributed by atoms with Gasteiger partial charge in [0.15, 0.2) is 11.5 Å². The predicted molar refractivity (Wildman–Crippen MR) is 93.0 cm³/mol. The van der Waals surface area contributed by atoms with E-state index in [-0.39, 0.29) is 18.2 Å². The normalized spacial score (nSPS) is 11.2. The molecule has 0 aliphatic carbocycles. The van der Waals surface area contributed by atoms with E-state index in [2.05, 4.69) is 4.72 Å². The topological polar surface area (TPSA) is 84.9 Å². The molecule has 1 amide bonds. The fourth-order valence-corrected chi connectivity index (χ4v) is 2.77. The lowest BCUT2D eigenvalue weighted by Crippen LogP contribution is -2.38. The van der Waals surface area contributed by atoms with Crippen molar-refractivity contribution in [1.29, 1.82) is 0 Å². The molecule has 1 aromatic rings. The van der Waals surface area contributed by atoms with Gasteiger partial charge in [-0.25, -0.2) is 13.1 Å². The van der Waals surface area contributed by atoms with Crippen molar-refractivity contribution in [1.82, 2.24) is 9.62 Å². The summed E-state index contributed by atoms with van der Waals surface area (Å²) in [4.78, 5) is 13.3. The molecule has 0 aromatic heterocycles. The number of nitrogens with one attached hydrogen (secondary N) is 1. The lowest BCUT2D eigenvalue weighted by atomic mass is 10.1.